The number of anilines is 2. The number of carbonyl (C=O) groups excluding carboxylic acids is 2. The smallest absolute Gasteiger partial charge is 0.254 e. The van der Waals surface area contributed by atoms with Crippen LogP contribution in [0.1, 0.15) is 57.4 Å². The molecule has 2 amide bonds. The molecule has 1 heterocycles. The summed E-state index contributed by atoms with van der Waals surface area (Å²) in [6.45, 7) is 3.97. The van der Waals surface area contributed by atoms with Gasteiger partial charge in [0.2, 0.25) is 0 Å². The van der Waals surface area contributed by atoms with E-state index in [1.165, 1.54) is 6.42 Å². The minimum absolute atomic E-state index is 0.182. The number of ether oxygens (including phenoxy) is 1. The summed E-state index contributed by atoms with van der Waals surface area (Å²) in [6, 6.07) is 22.0. The van der Waals surface area contributed by atoms with Gasteiger partial charge in [-0.05, 0) is 68.7 Å². The van der Waals surface area contributed by atoms with Crippen LogP contribution in [0.25, 0.3) is 0 Å². The predicted octanol–water partition coefficient (Wildman–Crippen LogP) is 8.56. The second-order valence-electron chi connectivity index (χ2n) is 10.7. The summed E-state index contributed by atoms with van der Waals surface area (Å²) in [4.78, 5) is 30.8. The number of nitrogens with one attached hydrogen (secondary N) is 2. The molecule has 6 nitrogen and oxygen atoms in total. The maximum Gasteiger partial charge on any atom is 0.254 e. The van der Waals surface area contributed by atoms with Crippen molar-refractivity contribution in [3.05, 3.63) is 111 Å². The van der Waals surface area contributed by atoms with Crippen molar-refractivity contribution in [2.75, 3.05) is 17.7 Å². The molecule has 1 aliphatic carbocycles. The fraction of sp³-hybridized carbons (Fsp3) is 0.294. The van der Waals surface area contributed by atoms with E-state index in [1.54, 1.807) is 31.4 Å². The number of amides is 2. The first-order chi connectivity index (χ1) is 20.3. The number of halogens is 2. The van der Waals surface area contributed by atoms with Gasteiger partial charge < -0.3 is 20.3 Å². The number of methoxy groups -OCH3 is 1. The van der Waals surface area contributed by atoms with E-state index < -0.39 is 5.92 Å². The number of carbonyl (C=O) groups is 2. The Hall–Kier alpha value is -3.74. The number of para-hydroxylation sites is 2. The van der Waals surface area contributed by atoms with Crippen molar-refractivity contribution in [1.29, 1.82) is 0 Å². The van der Waals surface area contributed by atoms with Crippen LogP contribution < -0.4 is 15.4 Å². The fourth-order valence-corrected chi connectivity index (χ4v) is 6.55. The highest BCUT2D eigenvalue weighted by Crippen LogP contribution is 2.45. The van der Waals surface area contributed by atoms with Gasteiger partial charge in [-0.25, -0.2) is 0 Å². The van der Waals surface area contributed by atoms with Crippen molar-refractivity contribution in [3.8, 4) is 5.75 Å². The van der Waals surface area contributed by atoms with Gasteiger partial charge in [-0.1, -0.05) is 78.9 Å². The first kappa shape index (κ1) is 29.7. The largest absolute Gasteiger partial charge is 0.497 e. The van der Waals surface area contributed by atoms with Gasteiger partial charge in [0.05, 0.1) is 28.5 Å². The van der Waals surface area contributed by atoms with Crippen LogP contribution in [-0.2, 0) is 9.59 Å². The monoisotopic (exact) mass is 603 g/mol. The Bertz CT molecular complexity index is 1460. The van der Waals surface area contributed by atoms with Crippen LogP contribution in [0.3, 0.4) is 0 Å². The maximum atomic E-state index is 14.3. The van der Waals surface area contributed by atoms with E-state index in [0.29, 0.717) is 38.3 Å². The molecule has 0 atom stereocenters. The van der Waals surface area contributed by atoms with Crippen LogP contribution in [0.15, 0.2) is 95.3 Å². The van der Waals surface area contributed by atoms with Crippen molar-refractivity contribution in [3.63, 3.8) is 0 Å². The number of rotatable bonds is 7. The summed E-state index contributed by atoms with van der Waals surface area (Å²) in [6.07, 6.45) is 5.36. The molecule has 3 aromatic rings. The Morgan fingerprint density at radius 1 is 0.738 bits per heavy atom. The first-order valence-corrected chi connectivity index (χ1v) is 15.0. The Morgan fingerprint density at radius 3 is 1.67 bits per heavy atom. The molecule has 0 unspecified atom stereocenters. The lowest BCUT2D eigenvalue weighted by molar-refractivity contribution is -0.113. The molecule has 5 rings (SSSR count). The molecule has 2 N–H and O–H groups in total. The second kappa shape index (κ2) is 13.1. The van der Waals surface area contributed by atoms with E-state index in [0.717, 1.165) is 42.6 Å². The van der Waals surface area contributed by atoms with E-state index in [9.17, 15) is 9.59 Å². The molecular weight excluding hydrogens is 569 g/mol. The molecule has 42 heavy (non-hydrogen) atoms. The minimum atomic E-state index is -0.652. The predicted molar refractivity (Wildman–Crippen MR) is 170 cm³/mol. The molecular formula is C34H35Cl2N3O3. The average Bonchev–Trinajstić information content (AvgIpc) is 2.99. The van der Waals surface area contributed by atoms with Gasteiger partial charge in [-0.15, -0.1) is 0 Å². The van der Waals surface area contributed by atoms with E-state index in [1.807, 2.05) is 62.4 Å². The molecule has 0 aromatic heterocycles. The lowest BCUT2D eigenvalue weighted by Crippen LogP contribution is -2.42. The van der Waals surface area contributed by atoms with Crippen LogP contribution in [0.5, 0.6) is 5.75 Å². The minimum Gasteiger partial charge on any atom is -0.497 e. The van der Waals surface area contributed by atoms with Crippen LogP contribution in [-0.4, -0.2) is 29.9 Å². The molecule has 0 spiro atoms. The summed E-state index contributed by atoms with van der Waals surface area (Å²) in [5.41, 5.74) is 4.48. The SMILES string of the molecule is COc1ccc(C2C(C(=O)Nc3ccccc3Cl)=C(C)N(C3CCCCC3)C(C)=C2C(=O)Nc2ccccc2Cl)cc1. The third-order valence-corrected chi connectivity index (χ3v) is 8.86. The van der Waals surface area contributed by atoms with Gasteiger partial charge in [0.15, 0.2) is 0 Å². The Balaban J connectivity index is 1.68. The molecule has 0 bridgehead atoms. The standard InChI is InChI=1S/C34H35Cl2N3O3/c1-21-30(33(40)37-28-15-9-7-13-26(28)35)32(23-17-19-25(42-3)20-18-23)31(22(2)39(21)24-11-5-4-6-12-24)34(41)38-29-16-10-8-14-27(29)36/h7-10,13-20,24,32H,4-6,11-12H2,1-3H3,(H,37,40)(H,38,41). The van der Waals surface area contributed by atoms with Gasteiger partial charge in [-0.3, -0.25) is 9.59 Å². The Kier molecular flexibility index (Phi) is 9.24. The number of benzene rings is 3. The number of allylic oxidation sites excluding steroid dienone is 2. The van der Waals surface area contributed by atoms with Crippen LogP contribution in [0.4, 0.5) is 11.4 Å². The quantitative estimate of drug-likeness (QED) is 0.284. The highest BCUT2D eigenvalue weighted by molar-refractivity contribution is 6.34. The zero-order valence-corrected chi connectivity index (χ0v) is 25.6. The maximum absolute atomic E-state index is 14.3. The van der Waals surface area contributed by atoms with E-state index in [4.69, 9.17) is 27.9 Å². The van der Waals surface area contributed by atoms with Crippen LogP contribution in [0, 0.1) is 0 Å². The third kappa shape index (κ3) is 6.06. The molecule has 2 aliphatic rings. The lowest BCUT2D eigenvalue weighted by Gasteiger charge is -2.44. The van der Waals surface area contributed by atoms with E-state index in [-0.39, 0.29) is 17.9 Å². The molecule has 1 aliphatic heterocycles. The average molecular weight is 605 g/mol. The van der Waals surface area contributed by atoms with Crippen molar-refractivity contribution in [2.45, 2.75) is 57.9 Å². The summed E-state index contributed by atoms with van der Waals surface area (Å²) < 4.78 is 5.41. The number of hydrogen-bond donors (Lipinski definition) is 2. The number of nitrogens with zero attached hydrogens (tertiary/aromatic N) is 1. The van der Waals surface area contributed by atoms with Crippen molar-refractivity contribution in [2.24, 2.45) is 0 Å². The highest BCUT2D eigenvalue weighted by Gasteiger charge is 2.41. The van der Waals surface area contributed by atoms with Crippen molar-refractivity contribution in [1.82, 2.24) is 4.90 Å². The molecule has 8 heteroatoms. The first-order valence-electron chi connectivity index (χ1n) is 14.3. The third-order valence-electron chi connectivity index (χ3n) is 8.20. The van der Waals surface area contributed by atoms with E-state index >= 15 is 0 Å². The van der Waals surface area contributed by atoms with Crippen molar-refractivity contribution >= 4 is 46.4 Å². The molecule has 1 saturated carbocycles. The van der Waals surface area contributed by atoms with Crippen molar-refractivity contribution < 1.29 is 14.3 Å². The molecule has 3 aromatic carbocycles. The Labute approximate surface area is 257 Å². The second-order valence-corrected chi connectivity index (χ2v) is 11.5. The molecule has 1 fully saturated rings. The number of hydrogen-bond acceptors (Lipinski definition) is 4. The lowest BCUT2D eigenvalue weighted by atomic mass is 9.77. The van der Waals surface area contributed by atoms with Crippen LogP contribution >= 0.6 is 23.2 Å². The molecule has 218 valence electrons. The highest BCUT2D eigenvalue weighted by atomic mass is 35.5. The van der Waals surface area contributed by atoms with Gasteiger partial charge in [0.25, 0.3) is 11.8 Å². The zero-order valence-electron chi connectivity index (χ0n) is 24.0. The van der Waals surface area contributed by atoms with Gasteiger partial charge in [0.1, 0.15) is 5.75 Å². The Morgan fingerprint density at radius 2 is 1.21 bits per heavy atom. The van der Waals surface area contributed by atoms with Gasteiger partial charge in [-0.2, -0.15) is 0 Å². The molecule has 0 saturated heterocycles. The summed E-state index contributed by atoms with van der Waals surface area (Å²) in [7, 11) is 1.61. The van der Waals surface area contributed by atoms with Crippen LogP contribution in [0.2, 0.25) is 10.0 Å². The summed E-state index contributed by atoms with van der Waals surface area (Å²) in [5.74, 6) is -0.583. The van der Waals surface area contributed by atoms with E-state index in [2.05, 4.69) is 15.5 Å². The normalized spacial score (nSPS) is 16.5. The van der Waals surface area contributed by atoms with Gasteiger partial charge in [0, 0.05) is 34.5 Å². The summed E-state index contributed by atoms with van der Waals surface area (Å²) in [5, 5.41) is 6.94. The molecule has 0 radical (unpaired) electrons. The fourth-order valence-electron chi connectivity index (χ4n) is 6.19. The topological polar surface area (TPSA) is 70.7 Å². The summed E-state index contributed by atoms with van der Waals surface area (Å²) >= 11 is 12.9. The zero-order chi connectivity index (χ0) is 29.8. The van der Waals surface area contributed by atoms with Gasteiger partial charge >= 0.3 is 0 Å².